The molecule has 0 unspecified atom stereocenters. The fraction of sp³-hybridized carbons (Fsp3) is 0.0345. The molecule has 0 bridgehead atoms. The van der Waals surface area contributed by atoms with E-state index < -0.39 is 5.97 Å². The van der Waals surface area contributed by atoms with Gasteiger partial charge in [-0.15, -0.1) is 0 Å². The van der Waals surface area contributed by atoms with Gasteiger partial charge in [0.25, 0.3) is 0 Å². The third kappa shape index (κ3) is 5.53. The largest absolute Gasteiger partial charge is 0.422 e. The van der Waals surface area contributed by atoms with Gasteiger partial charge in [-0.05, 0) is 54.1 Å². The molecule has 0 spiro atoms. The highest BCUT2D eigenvalue weighted by Gasteiger charge is 2.19. The number of rotatable bonds is 6. The molecular formula is C29H18Cl4N2O2. The standard InChI is InChI=1S/C29H18Cl4N2O2/c30-21-9-3-1-7-19(21)27(37-29(36)20-8-2-4-10-22(20)31)16-28-34-25-11-5-6-12-26(25)35(28)17-18-13-14-23(32)24(33)15-18/h1-16H,17H2/b27-16-. The first-order valence-corrected chi connectivity index (χ1v) is 12.7. The fourth-order valence-electron chi connectivity index (χ4n) is 3.91. The number of hydrogen-bond donors (Lipinski definition) is 0. The van der Waals surface area contributed by atoms with E-state index in [1.165, 1.54) is 0 Å². The molecule has 0 radical (unpaired) electrons. The molecule has 0 amide bonds. The summed E-state index contributed by atoms with van der Waals surface area (Å²) in [6.07, 6.45) is 1.70. The van der Waals surface area contributed by atoms with Gasteiger partial charge in [-0.25, -0.2) is 9.78 Å². The van der Waals surface area contributed by atoms with Crippen LogP contribution in [0, 0.1) is 0 Å². The minimum absolute atomic E-state index is 0.237. The van der Waals surface area contributed by atoms with Crippen molar-refractivity contribution >= 4 is 75.2 Å². The van der Waals surface area contributed by atoms with Crippen molar-refractivity contribution < 1.29 is 9.53 Å². The van der Waals surface area contributed by atoms with E-state index >= 15 is 0 Å². The molecule has 0 saturated carbocycles. The van der Waals surface area contributed by atoms with Gasteiger partial charge in [0.15, 0.2) is 0 Å². The SMILES string of the molecule is O=C(O/C(=C\c1nc2ccccc2n1Cc1ccc(Cl)c(Cl)c1)c1ccccc1Cl)c1ccccc1Cl. The Bertz CT molecular complexity index is 1660. The zero-order chi connectivity index (χ0) is 25.9. The van der Waals surface area contributed by atoms with Crippen LogP contribution in [0.4, 0.5) is 0 Å². The molecular weight excluding hydrogens is 550 g/mol. The smallest absolute Gasteiger partial charge is 0.345 e. The number of ether oxygens (including phenoxy) is 1. The average molecular weight is 568 g/mol. The predicted molar refractivity (Wildman–Crippen MR) is 151 cm³/mol. The summed E-state index contributed by atoms with van der Waals surface area (Å²) < 4.78 is 7.89. The van der Waals surface area contributed by atoms with Gasteiger partial charge in [0.1, 0.15) is 11.6 Å². The molecule has 1 aromatic heterocycles. The van der Waals surface area contributed by atoms with Crippen molar-refractivity contribution in [1.29, 1.82) is 0 Å². The van der Waals surface area contributed by atoms with E-state index in [2.05, 4.69) is 0 Å². The van der Waals surface area contributed by atoms with Crippen molar-refractivity contribution in [1.82, 2.24) is 9.55 Å². The Morgan fingerprint density at radius 3 is 2.11 bits per heavy atom. The summed E-state index contributed by atoms with van der Waals surface area (Å²) in [7, 11) is 0. The van der Waals surface area contributed by atoms with Crippen molar-refractivity contribution in [2.75, 3.05) is 0 Å². The number of halogens is 4. The molecule has 0 N–H and O–H groups in total. The van der Waals surface area contributed by atoms with E-state index in [0.717, 1.165) is 16.6 Å². The lowest BCUT2D eigenvalue weighted by atomic mass is 10.1. The highest BCUT2D eigenvalue weighted by Crippen LogP contribution is 2.30. The van der Waals surface area contributed by atoms with Crippen molar-refractivity contribution in [3.63, 3.8) is 0 Å². The summed E-state index contributed by atoms with van der Waals surface area (Å²) in [6, 6.07) is 27.1. The molecule has 0 aliphatic heterocycles. The second-order valence-corrected chi connectivity index (χ2v) is 9.78. The van der Waals surface area contributed by atoms with Crippen LogP contribution < -0.4 is 0 Å². The van der Waals surface area contributed by atoms with E-state index in [9.17, 15) is 4.79 Å². The predicted octanol–water partition coefficient (Wildman–Crippen LogP) is 9.05. The van der Waals surface area contributed by atoms with Crippen LogP contribution in [0.1, 0.15) is 27.3 Å². The van der Waals surface area contributed by atoms with Gasteiger partial charge in [0.2, 0.25) is 0 Å². The van der Waals surface area contributed by atoms with Crippen molar-refractivity contribution in [2.45, 2.75) is 6.54 Å². The molecule has 0 aliphatic rings. The molecule has 1 heterocycles. The van der Waals surface area contributed by atoms with Gasteiger partial charge in [-0.2, -0.15) is 0 Å². The first kappa shape index (κ1) is 25.4. The molecule has 0 aliphatic carbocycles. The summed E-state index contributed by atoms with van der Waals surface area (Å²) in [4.78, 5) is 17.9. The lowest BCUT2D eigenvalue weighted by Crippen LogP contribution is -2.07. The molecule has 8 heteroatoms. The van der Waals surface area contributed by atoms with Crippen LogP contribution in [0.3, 0.4) is 0 Å². The zero-order valence-corrected chi connectivity index (χ0v) is 22.2. The molecule has 0 saturated heterocycles. The summed E-state index contributed by atoms with van der Waals surface area (Å²) in [5, 5.41) is 1.66. The highest BCUT2D eigenvalue weighted by molar-refractivity contribution is 6.42. The molecule has 5 rings (SSSR count). The number of esters is 1. The molecule has 5 aromatic rings. The molecule has 0 atom stereocenters. The lowest BCUT2D eigenvalue weighted by Gasteiger charge is -2.13. The van der Waals surface area contributed by atoms with E-state index in [0.29, 0.717) is 33.0 Å². The number of benzene rings is 4. The first-order valence-electron chi connectivity index (χ1n) is 11.2. The monoisotopic (exact) mass is 566 g/mol. The number of nitrogens with zero attached hydrogens (tertiary/aromatic N) is 2. The summed E-state index contributed by atoms with van der Waals surface area (Å²) in [5.41, 5.74) is 3.39. The average Bonchev–Trinajstić information content (AvgIpc) is 3.23. The molecule has 37 heavy (non-hydrogen) atoms. The van der Waals surface area contributed by atoms with Gasteiger partial charge >= 0.3 is 5.97 Å². The molecule has 4 aromatic carbocycles. The van der Waals surface area contributed by atoms with Gasteiger partial charge in [0, 0.05) is 18.2 Å². The van der Waals surface area contributed by atoms with Gasteiger partial charge in [0.05, 0.1) is 36.7 Å². The summed E-state index contributed by atoms with van der Waals surface area (Å²) in [6.45, 7) is 0.456. The topological polar surface area (TPSA) is 44.1 Å². The number of hydrogen-bond acceptors (Lipinski definition) is 3. The van der Waals surface area contributed by atoms with Crippen LogP contribution in [-0.2, 0) is 11.3 Å². The number of para-hydroxylation sites is 2. The van der Waals surface area contributed by atoms with Gasteiger partial charge in [-0.1, -0.05) is 88.9 Å². The first-order chi connectivity index (χ1) is 17.9. The number of carbonyl (C=O) groups is 1. The molecule has 4 nitrogen and oxygen atoms in total. The van der Waals surface area contributed by atoms with Crippen molar-refractivity contribution in [3.05, 3.63) is 134 Å². The maximum absolute atomic E-state index is 13.1. The van der Waals surface area contributed by atoms with E-state index in [1.54, 1.807) is 54.6 Å². The Kier molecular flexibility index (Phi) is 7.54. The number of fused-ring (bicyclic) bond motifs is 1. The number of carbonyl (C=O) groups excluding carboxylic acids is 1. The fourth-order valence-corrected chi connectivity index (χ4v) is 4.68. The summed E-state index contributed by atoms with van der Waals surface area (Å²) in [5.74, 6) is 0.194. The Hall–Kier alpha value is -3.28. The number of imidazole rings is 1. The van der Waals surface area contributed by atoms with Crippen LogP contribution >= 0.6 is 46.4 Å². The minimum atomic E-state index is -0.607. The lowest BCUT2D eigenvalue weighted by molar-refractivity contribution is 0.0694. The Balaban J connectivity index is 1.64. The Labute approximate surface area is 233 Å². The van der Waals surface area contributed by atoms with Crippen LogP contribution in [-0.4, -0.2) is 15.5 Å². The third-order valence-corrected chi connectivity index (χ3v) is 7.10. The minimum Gasteiger partial charge on any atom is -0.422 e. The second kappa shape index (κ2) is 11.0. The second-order valence-electron chi connectivity index (χ2n) is 8.15. The number of aromatic nitrogens is 2. The maximum atomic E-state index is 13.1. The molecule has 184 valence electrons. The highest BCUT2D eigenvalue weighted by atomic mass is 35.5. The Morgan fingerprint density at radius 2 is 1.41 bits per heavy atom. The van der Waals surface area contributed by atoms with Crippen molar-refractivity contribution in [3.8, 4) is 0 Å². The third-order valence-electron chi connectivity index (χ3n) is 5.70. The molecule has 0 fully saturated rings. The zero-order valence-electron chi connectivity index (χ0n) is 19.2. The van der Waals surface area contributed by atoms with Crippen LogP contribution in [0.25, 0.3) is 22.9 Å². The normalized spacial score (nSPS) is 11.6. The van der Waals surface area contributed by atoms with Gasteiger partial charge in [-0.3, -0.25) is 0 Å². The van der Waals surface area contributed by atoms with E-state index in [-0.39, 0.29) is 16.3 Å². The van der Waals surface area contributed by atoms with E-state index in [4.69, 9.17) is 56.1 Å². The van der Waals surface area contributed by atoms with Crippen LogP contribution in [0.5, 0.6) is 0 Å². The maximum Gasteiger partial charge on any atom is 0.345 e. The van der Waals surface area contributed by atoms with Crippen molar-refractivity contribution in [2.24, 2.45) is 0 Å². The van der Waals surface area contributed by atoms with E-state index in [1.807, 2.05) is 47.0 Å². The van der Waals surface area contributed by atoms with Crippen LogP contribution in [0.15, 0.2) is 91.0 Å². The van der Waals surface area contributed by atoms with Gasteiger partial charge < -0.3 is 9.30 Å². The Morgan fingerprint density at radius 1 is 0.757 bits per heavy atom. The summed E-state index contributed by atoms with van der Waals surface area (Å²) >= 11 is 25.2. The quantitative estimate of drug-likeness (QED) is 0.152. The van der Waals surface area contributed by atoms with Crippen LogP contribution in [0.2, 0.25) is 20.1 Å².